The van der Waals surface area contributed by atoms with E-state index in [4.69, 9.17) is 0 Å². The van der Waals surface area contributed by atoms with Crippen molar-refractivity contribution in [2.45, 2.75) is 52.4 Å². The van der Waals surface area contributed by atoms with Gasteiger partial charge in [-0.2, -0.15) is 0 Å². The number of nitrogens with zero attached hydrogens (tertiary/aromatic N) is 4. The fraction of sp³-hybridized carbons (Fsp3) is 0.364. The molecule has 0 bridgehead atoms. The number of fused-ring (bicyclic) bond motifs is 1. The summed E-state index contributed by atoms with van der Waals surface area (Å²) in [6, 6.07) is 0. The normalized spacial score (nSPS) is 11.6. The second kappa shape index (κ2) is 9.95. The Morgan fingerprint density at radius 3 is 1.29 bits per heavy atom. The lowest BCUT2D eigenvalue weighted by molar-refractivity contribution is 0.482. The molecule has 0 atom stereocenters. The summed E-state index contributed by atoms with van der Waals surface area (Å²) >= 11 is 1.63. The number of benzene rings is 2. The van der Waals surface area contributed by atoms with Gasteiger partial charge in [0.05, 0.1) is 21.9 Å². The molecular weight excluding hydrogens is 498 g/mol. The average Bonchev–Trinajstić information content (AvgIpc) is 3.47. The zero-order chi connectivity index (χ0) is 24.6. The minimum atomic E-state index is -1.92. The molecule has 0 aliphatic carbocycles. The topological polar surface area (TPSA) is 51.6 Å². The van der Waals surface area contributed by atoms with Crippen molar-refractivity contribution < 1.29 is 26.3 Å². The van der Waals surface area contributed by atoms with Crippen LogP contribution < -0.4 is 0 Å². The molecule has 0 saturated heterocycles. The Labute approximate surface area is 198 Å². The summed E-state index contributed by atoms with van der Waals surface area (Å²) in [5, 5.41) is 12.7. The monoisotopic (exact) mass is 516 g/mol. The highest BCUT2D eigenvalue weighted by Crippen LogP contribution is 2.42. The highest BCUT2D eigenvalue weighted by molar-refractivity contribution is 7.15. The van der Waals surface area contributed by atoms with E-state index in [-0.39, 0.29) is 10.0 Å². The van der Waals surface area contributed by atoms with Gasteiger partial charge in [-0.1, -0.05) is 49.4 Å². The molecule has 0 N–H and O–H groups in total. The number of halogens is 6. The molecule has 4 aromatic rings. The Bertz CT molecular complexity index is 1270. The molecule has 0 aliphatic rings. The van der Waals surface area contributed by atoms with Gasteiger partial charge in [0.25, 0.3) is 0 Å². The van der Waals surface area contributed by atoms with Crippen LogP contribution in [-0.2, 0) is 12.8 Å². The van der Waals surface area contributed by atoms with Crippen LogP contribution in [0.3, 0.4) is 0 Å². The SMILES string of the molecule is CCCCc1nnc(-c2c(F)c(F)c3c(F)c(F)c(-c4nnc(CCCC)s4)c(F)c3c2F)s1. The molecule has 34 heavy (non-hydrogen) atoms. The molecule has 2 aromatic heterocycles. The fourth-order valence-electron chi connectivity index (χ4n) is 3.46. The van der Waals surface area contributed by atoms with Crippen molar-refractivity contribution in [1.82, 2.24) is 20.4 Å². The van der Waals surface area contributed by atoms with Crippen molar-refractivity contribution in [2.24, 2.45) is 0 Å². The predicted octanol–water partition coefficient (Wildman–Crippen LogP) is 7.40. The van der Waals surface area contributed by atoms with Gasteiger partial charge < -0.3 is 0 Å². The summed E-state index contributed by atoms with van der Waals surface area (Å²) in [5.41, 5.74) is -1.97. The van der Waals surface area contributed by atoms with Gasteiger partial charge in [-0.05, 0) is 12.8 Å². The maximum atomic E-state index is 15.5. The van der Waals surface area contributed by atoms with E-state index in [2.05, 4.69) is 20.4 Å². The van der Waals surface area contributed by atoms with Crippen LogP contribution >= 0.6 is 22.7 Å². The van der Waals surface area contributed by atoms with E-state index in [1.54, 1.807) is 0 Å². The molecule has 4 nitrogen and oxygen atoms in total. The van der Waals surface area contributed by atoms with Crippen molar-refractivity contribution >= 4 is 33.4 Å². The molecule has 0 aliphatic heterocycles. The van der Waals surface area contributed by atoms with E-state index in [0.29, 0.717) is 22.9 Å². The van der Waals surface area contributed by atoms with E-state index >= 15 is 8.78 Å². The van der Waals surface area contributed by atoms with Gasteiger partial charge in [-0.3, -0.25) is 0 Å². The first-order valence-corrected chi connectivity index (χ1v) is 12.2. The molecule has 4 rings (SSSR count). The zero-order valence-electron chi connectivity index (χ0n) is 18.1. The predicted molar refractivity (Wildman–Crippen MR) is 119 cm³/mol. The first kappa shape index (κ1) is 24.5. The molecule has 180 valence electrons. The summed E-state index contributed by atoms with van der Waals surface area (Å²) in [4.78, 5) is 0. The van der Waals surface area contributed by atoms with Crippen LogP contribution in [0.1, 0.15) is 49.5 Å². The third kappa shape index (κ3) is 4.17. The van der Waals surface area contributed by atoms with Gasteiger partial charge >= 0.3 is 0 Å². The Morgan fingerprint density at radius 2 is 0.912 bits per heavy atom. The lowest BCUT2D eigenvalue weighted by Crippen LogP contribution is -2.05. The van der Waals surface area contributed by atoms with Crippen molar-refractivity contribution in [3.05, 3.63) is 44.9 Å². The fourth-order valence-corrected chi connectivity index (χ4v) is 5.28. The number of aromatic nitrogens is 4. The number of rotatable bonds is 8. The number of unbranched alkanes of at least 4 members (excludes halogenated alkanes) is 2. The summed E-state index contributed by atoms with van der Waals surface area (Å²) in [5.74, 6) is -10.6. The molecular formula is C22H18F6N4S2. The van der Waals surface area contributed by atoms with Crippen LogP contribution in [0.2, 0.25) is 0 Å². The summed E-state index contributed by atoms with van der Waals surface area (Å²) in [6.45, 7) is 3.89. The Morgan fingerprint density at radius 1 is 0.529 bits per heavy atom. The highest BCUT2D eigenvalue weighted by atomic mass is 32.1. The first-order valence-electron chi connectivity index (χ1n) is 10.6. The second-order valence-electron chi connectivity index (χ2n) is 7.59. The molecule has 2 heterocycles. The smallest absolute Gasteiger partial charge is 0.172 e. The maximum Gasteiger partial charge on any atom is 0.172 e. The van der Waals surface area contributed by atoms with E-state index in [1.165, 1.54) is 0 Å². The van der Waals surface area contributed by atoms with E-state index in [9.17, 15) is 17.6 Å². The molecule has 0 amide bonds. The van der Waals surface area contributed by atoms with Gasteiger partial charge in [0.1, 0.15) is 21.6 Å². The number of hydrogen-bond donors (Lipinski definition) is 0. The molecule has 12 heteroatoms. The zero-order valence-corrected chi connectivity index (χ0v) is 19.7. The number of aryl methyl sites for hydroxylation is 2. The first-order chi connectivity index (χ1) is 16.3. The van der Waals surface area contributed by atoms with Crippen molar-refractivity contribution in [1.29, 1.82) is 0 Å². The lowest BCUT2D eigenvalue weighted by Gasteiger charge is -2.12. The third-order valence-electron chi connectivity index (χ3n) is 5.24. The minimum absolute atomic E-state index is 0.328. The van der Waals surface area contributed by atoms with Crippen molar-refractivity contribution in [3.63, 3.8) is 0 Å². The van der Waals surface area contributed by atoms with Crippen LogP contribution in [0.25, 0.3) is 31.9 Å². The van der Waals surface area contributed by atoms with E-state index in [0.717, 1.165) is 48.4 Å². The minimum Gasteiger partial charge on any atom is -0.205 e. The molecule has 0 radical (unpaired) electrons. The Hall–Kier alpha value is -2.60. The van der Waals surface area contributed by atoms with Crippen LogP contribution in [0.15, 0.2) is 0 Å². The number of hydrogen-bond acceptors (Lipinski definition) is 6. The third-order valence-corrected chi connectivity index (χ3v) is 7.24. The average molecular weight is 517 g/mol. The van der Waals surface area contributed by atoms with Gasteiger partial charge in [-0.15, -0.1) is 20.4 Å². The summed E-state index contributed by atoms with van der Waals surface area (Å²) in [6.07, 6.45) is 4.15. The largest absolute Gasteiger partial charge is 0.205 e. The van der Waals surface area contributed by atoms with Crippen molar-refractivity contribution in [2.75, 3.05) is 0 Å². The standard InChI is InChI=1S/C22H18F6N4S2/c1-3-5-7-9-29-31-21(33-9)13-15(23)11-12(17(25)19(13)27)18(26)20(28)14(16(11)24)22-32-30-10(34-22)8-6-4-2/h3-8H2,1-2H3. The molecule has 0 spiro atoms. The molecule has 0 fully saturated rings. The Balaban J connectivity index is 1.95. The molecule has 0 saturated carbocycles. The maximum absolute atomic E-state index is 15.5. The van der Waals surface area contributed by atoms with E-state index in [1.807, 2.05) is 13.8 Å². The van der Waals surface area contributed by atoms with E-state index < -0.39 is 56.8 Å². The highest BCUT2D eigenvalue weighted by Gasteiger charge is 2.33. The van der Waals surface area contributed by atoms with Crippen molar-refractivity contribution in [3.8, 4) is 21.1 Å². The summed E-state index contributed by atoms with van der Waals surface area (Å²) in [7, 11) is 0. The van der Waals surface area contributed by atoms with Gasteiger partial charge in [-0.25, -0.2) is 26.3 Å². The quantitative estimate of drug-likeness (QED) is 0.181. The van der Waals surface area contributed by atoms with Crippen LogP contribution in [0, 0.1) is 34.9 Å². The Kier molecular flexibility index (Phi) is 7.17. The molecule has 0 unspecified atom stereocenters. The van der Waals surface area contributed by atoms with Crippen LogP contribution in [-0.4, -0.2) is 20.4 Å². The summed E-state index contributed by atoms with van der Waals surface area (Å²) < 4.78 is 90.3. The van der Waals surface area contributed by atoms with Gasteiger partial charge in [0.2, 0.25) is 0 Å². The van der Waals surface area contributed by atoms with Gasteiger partial charge in [0, 0.05) is 12.8 Å². The second-order valence-corrected chi connectivity index (χ2v) is 9.72. The van der Waals surface area contributed by atoms with Gasteiger partial charge in [0.15, 0.2) is 33.3 Å². The van der Waals surface area contributed by atoms with Crippen LogP contribution in [0.4, 0.5) is 26.3 Å². The van der Waals surface area contributed by atoms with Crippen LogP contribution in [0.5, 0.6) is 0 Å². The molecule has 2 aromatic carbocycles. The lowest BCUT2D eigenvalue weighted by atomic mass is 10.00.